The Labute approximate surface area is 384 Å². The van der Waals surface area contributed by atoms with Gasteiger partial charge in [0.1, 0.15) is 0 Å². The number of halogens is 1. The first kappa shape index (κ1) is 50.2. The standard InChI is InChI=1S/C23H28N4O4S2.C20H28N4O4S2.ClH/c1-26(32(2,28)29)22-17-19(27-15-6-13-24-14-16-27)11-12-21(22)25-33(30,31)23-10-5-8-18-7-3-4-9-20(18)23;1-16-5-8-18(9-6-16)30(27,28)22-19-10-7-17(24-13-4-11-21-12-14-24)15-20(19)23(2)29(3,25)26;/h3-5,7-12,17,24-25H,6,13-16H2,1-2H3;5-10,15,21-22H,4,11-14H2,1-3H3;1H. The summed E-state index contributed by atoms with van der Waals surface area (Å²) in [5.41, 5.74) is 3.61. The Morgan fingerprint density at radius 2 is 1.02 bits per heavy atom. The van der Waals surface area contributed by atoms with Crippen molar-refractivity contribution in [2.75, 3.05) is 107 Å². The van der Waals surface area contributed by atoms with Gasteiger partial charge in [-0.3, -0.25) is 18.1 Å². The van der Waals surface area contributed by atoms with Crippen molar-refractivity contribution in [1.82, 2.24) is 10.6 Å². The van der Waals surface area contributed by atoms with Crippen LogP contribution in [0.5, 0.6) is 0 Å². The number of nitrogens with one attached hydrogen (secondary N) is 4. The lowest BCUT2D eigenvalue weighted by molar-refractivity contribution is 0.598. The topological polar surface area (TPSA) is 198 Å². The molecule has 0 bridgehead atoms. The van der Waals surface area contributed by atoms with Gasteiger partial charge in [-0.25, -0.2) is 33.7 Å². The van der Waals surface area contributed by atoms with Crippen molar-refractivity contribution >= 4 is 97.4 Å². The molecule has 0 aliphatic carbocycles. The highest BCUT2D eigenvalue weighted by Crippen LogP contribution is 2.36. The van der Waals surface area contributed by atoms with Crippen molar-refractivity contribution in [3.8, 4) is 0 Å². The molecule has 2 aliphatic rings. The third-order valence-corrected chi connectivity index (χ3v) is 16.1. The SMILES string of the molecule is CN(c1cc(N2CCCNCC2)ccc1NS(=O)(=O)c1cccc2ccccc12)S(C)(=O)=O.Cc1ccc(S(=O)(=O)Nc2ccc(N3CCCNCC3)cc2N(C)S(C)(=O)=O)cc1.Cl. The van der Waals surface area contributed by atoms with E-state index in [1.54, 1.807) is 60.7 Å². The lowest BCUT2D eigenvalue weighted by Crippen LogP contribution is -2.29. The molecule has 5 aromatic rings. The van der Waals surface area contributed by atoms with Crippen LogP contribution in [-0.4, -0.2) is 113 Å². The van der Waals surface area contributed by atoms with E-state index in [9.17, 15) is 33.7 Å². The zero-order chi connectivity index (χ0) is 45.6. The summed E-state index contributed by atoms with van der Waals surface area (Å²) in [5.74, 6) is 0. The predicted molar refractivity (Wildman–Crippen MR) is 263 cm³/mol. The molecule has 348 valence electrons. The maximum Gasteiger partial charge on any atom is 0.262 e. The number of fused-ring (bicyclic) bond motifs is 1. The summed E-state index contributed by atoms with van der Waals surface area (Å²) in [4.78, 5) is 4.58. The van der Waals surface area contributed by atoms with E-state index in [1.165, 1.54) is 26.2 Å². The van der Waals surface area contributed by atoms with Crippen LogP contribution < -0.4 is 38.5 Å². The zero-order valence-corrected chi connectivity index (χ0v) is 40.6. The number of rotatable bonds is 12. The van der Waals surface area contributed by atoms with Crippen LogP contribution in [-0.2, 0) is 40.1 Å². The smallest absolute Gasteiger partial charge is 0.262 e. The average molecular weight is 978 g/mol. The second kappa shape index (κ2) is 21.0. The van der Waals surface area contributed by atoms with Crippen LogP contribution in [0.3, 0.4) is 0 Å². The first-order valence-corrected chi connectivity index (χ1v) is 27.1. The summed E-state index contributed by atoms with van der Waals surface area (Å²) in [6.45, 7) is 8.63. The molecule has 0 aromatic heterocycles. The average Bonchev–Trinajstić information content (AvgIpc) is 3.69. The Kier molecular flexibility index (Phi) is 16.5. The lowest BCUT2D eigenvalue weighted by Gasteiger charge is -2.26. The highest BCUT2D eigenvalue weighted by Gasteiger charge is 2.25. The summed E-state index contributed by atoms with van der Waals surface area (Å²) >= 11 is 0. The quantitative estimate of drug-likeness (QED) is 0.127. The fourth-order valence-corrected chi connectivity index (χ4v) is 10.6. The van der Waals surface area contributed by atoms with E-state index < -0.39 is 40.1 Å². The Morgan fingerprint density at radius 1 is 0.547 bits per heavy atom. The number of hydrogen-bond acceptors (Lipinski definition) is 12. The van der Waals surface area contributed by atoms with Crippen molar-refractivity contribution < 1.29 is 33.7 Å². The minimum Gasteiger partial charge on any atom is -0.370 e. The highest BCUT2D eigenvalue weighted by molar-refractivity contribution is 7.93. The Bertz CT molecular complexity index is 2850. The summed E-state index contributed by atoms with van der Waals surface area (Å²) in [5, 5.41) is 8.08. The number of anilines is 6. The summed E-state index contributed by atoms with van der Waals surface area (Å²) in [6, 6.07) is 29.2. The van der Waals surface area contributed by atoms with Crippen LogP contribution in [0, 0.1) is 6.92 Å². The third kappa shape index (κ3) is 12.5. The molecule has 0 spiro atoms. The molecular formula is C43H57ClN8O8S4. The van der Waals surface area contributed by atoms with Gasteiger partial charge in [0.2, 0.25) is 20.0 Å². The van der Waals surface area contributed by atoms with Gasteiger partial charge < -0.3 is 20.4 Å². The maximum absolute atomic E-state index is 13.4. The van der Waals surface area contributed by atoms with E-state index in [-0.39, 0.29) is 44.9 Å². The molecule has 0 amide bonds. The Morgan fingerprint density at radius 3 is 1.52 bits per heavy atom. The van der Waals surface area contributed by atoms with Crippen molar-refractivity contribution in [1.29, 1.82) is 0 Å². The van der Waals surface area contributed by atoms with Crippen LogP contribution >= 0.6 is 12.4 Å². The van der Waals surface area contributed by atoms with E-state index in [1.807, 2.05) is 37.3 Å². The monoisotopic (exact) mass is 976 g/mol. The molecule has 7 rings (SSSR count). The number of nitrogens with zero attached hydrogens (tertiary/aromatic N) is 4. The van der Waals surface area contributed by atoms with Crippen molar-refractivity contribution in [2.24, 2.45) is 0 Å². The molecule has 2 heterocycles. The number of hydrogen-bond donors (Lipinski definition) is 4. The molecule has 2 aliphatic heterocycles. The fourth-order valence-electron chi connectivity index (χ4n) is 7.24. The summed E-state index contributed by atoms with van der Waals surface area (Å²) in [6.07, 6.45) is 4.12. The second-order valence-electron chi connectivity index (χ2n) is 15.5. The first-order chi connectivity index (χ1) is 29.7. The van der Waals surface area contributed by atoms with Crippen LogP contribution in [0.15, 0.2) is 113 Å². The van der Waals surface area contributed by atoms with Gasteiger partial charge in [-0.15, -0.1) is 12.4 Å². The molecule has 0 atom stereocenters. The Balaban J connectivity index is 0.000000238. The van der Waals surface area contributed by atoms with Gasteiger partial charge in [-0.2, -0.15) is 0 Å². The maximum atomic E-state index is 13.4. The summed E-state index contributed by atoms with van der Waals surface area (Å²) in [7, 11) is -12.2. The number of aryl methyl sites for hydroxylation is 1. The second-order valence-corrected chi connectivity index (χ2v) is 22.9. The molecule has 64 heavy (non-hydrogen) atoms. The van der Waals surface area contributed by atoms with Gasteiger partial charge in [0.15, 0.2) is 0 Å². The van der Waals surface area contributed by atoms with Crippen LogP contribution in [0.1, 0.15) is 18.4 Å². The van der Waals surface area contributed by atoms with Crippen LogP contribution in [0.25, 0.3) is 10.8 Å². The molecule has 0 unspecified atom stereocenters. The van der Waals surface area contributed by atoms with E-state index in [4.69, 9.17) is 0 Å². The minimum absolute atomic E-state index is 0. The van der Waals surface area contributed by atoms with Crippen molar-refractivity contribution in [3.05, 3.63) is 109 Å². The van der Waals surface area contributed by atoms with Crippen LogP contribution in [0.4, 0.5) is 34.1 Å². The zero-order valence-electron chi connectivity index (χ0n) is 36.5. The molecule has 21 heteroatoms. The van der Waals surface area contributed by atoms with Crippen LogP contribution in [0.2, 0.25) is 0 Å². The molecular weight excluding hydrogens is 920 g/mol. The first-order valence-electron chi connectivity index (χ1n) is 20.4. The van der Waals surface area contributed by atoms with E-state index >= 15 is 0 Å². The van der Waals surface area contributed by atoms with Gasteiger partial charge >= 0.3 is 0 Å². The van der Waals surface area contributed by atoms with E-state index in [0.29, 0.717) is 5.39 Å². The molecule has 2 fully saturated rings. The summed E-state index contributed by atoms with van der Waals surface area (Å²) < 4.78 is 109. The molecule has 0 saturated carbocycles. The predicted octanol–water partition coefficient (Wildman–Crippen LogP) is 5.25. The van der Waals surface area contributed by atoms with E-state index in [0.717, 1.165) is 109 Å². The minimum atomic E-state index is -3.98. The highest BCUT2D eigenvalue weighted by atomic mass is 35.5. The van der Waals surface area contributed by atoms with Gasteiger partial charge in [-0.05, 0) is 92.8 Å². The van der Waals surface area contributed by atoms with Gasteiger partial charge in [-0.1, -0.05) is 54.1 Å². The van der Waals surface area contributed by atoms with Crippen molar-refractivity contribution in [3.63, 3.8) is 0 Å². The van der Waals surface area contributed by atoms with Gasteiger partial charge in [0.05, 0.1) is 45.1 Å². The molecule has 16 nitrogen and oxygen atoms in total. The molecule has 2 saturated heterocycles. The molecule has 0 radical (unpaired) electrons. The normalized spacial score (nSPS) is 15.1. The van der Waals surface area contributed by atoms with Gasteiger partial charge in [0.25, 0.3) is 20.0 Å². The van der Waals surface area contributed by atoms with Crippen molar-refractivity contribution in [2.45, 2.75) is 29.6 Å². The third-order valence-electron chi connectivity index (χ3n) is 10.9. The lowest BCUT2D eigenvalue weighted by atomic mass is 10.1. The van der Waals surface area contributed by atoms with Gasteiger partial charge in [0, 0.05) is 70.1 Å². The molecule has 5 aromatic carbocycles. The largest absolute Gasteiger partial charge is 0.370 e. The van der Waals surface area contributed by atoms with E-state index in [2.05, 4.69) is 29.9 Å². The molecule has 4 N–H and O–H groups in total. The number of sulfonamides is 4. The fraction of sp³-hybridized carbons (Fsp3) is 0.349. The Hall–Kier alpha value is -4.83. The number of benzene rings is 5.